The maximum atomic E-state index is 10.6. The summed E-state index contributed by atoms with van der Waals surface area (Å²) in [4.78, 5) is 13.1. The zero-order valence-corrected chi connectivity index (χ0v) is 11.3. The van der Waals surface area contributed by atoms with Crippen LogP contribution in [0.25, 0.3) is 0 Å². The number of nitrogens with zero attached hydrogens (tertiary/aromatic N) is 1. The third kappa shape index (κ3) is 2.60. The lowest BCUT2D eigenvalue weighted by Crippen LogP contribution is -2.55. The molecule has 2 aliphatic rings. The van der Waals surface area contributed by atoms with Gasteiger partial charge < -0.3 is 10.0 Å². The molecule has 0 bridgehead atoms. The minimum Gasteiger partial charge on any atom is -0.481 e. The highest BCUT2D eigenvalue weighted by atomic mass is 16.4. The summed E-state index contributed by atoms with van der Waals surface area (Å²) in [6.45, 7) is 2.38. The third-order valence-electron chi connectivity index (χ3n) is 4.62. The third-order valence-corrected chi connectivity index (χ3v) is 4.62. The van der Waals surface area contributed by atoms with Crippen molar-refractivity contribution >= 4 is 11.7 Å². The number of aryl methyl sites for hydroxylation is 1. The van der Waals surface area contributed by atoms with Crippen molar-refractivity contribution in [1.82, 2.24) is 0 Å². The Kier molecular flexibility index (Phi) is 3.21. The summed E-state index contributed by atoms with van der Waals surface area (Å²) < 4.78 is 0. The van der Waals surface area contributed by atoms with E-state index in [9.17, 15) is 4.79 Å². The summed E-state index contributed by atoms with van der Waals surface area (Å²) in [5.74, 6) is -0.723. The number of anilines is 1. The zero-order valence-electron chi connectivity index (χ0n) is 11.3. The van der Waals surface area contributed by atoms with Gasteiger partial charge in [-0.25, -0.2) is 0 Å². The normalized spacial score (nSPS) is 20.5. The summed E-state index contributed by atoms with van der Waals surface area (Å²) in [6, 6.07) is 8.38. The number of carboxylic acid groups (broad SMARTS) is 1. The number of carbonyl (C=O) groups is 1. The van der Waals surface area contributed by atoms with Crippen LogP contribution in [0.3, 0.4) is 0 Å². The summed E-state index contributed by atoms with van der Waals surface area (Å²) in [5, 5.41) is 8.74. The molecule has 3 nitrogen and oxygen atoms in total. The first-order chi connectivity index (χ1) is 9.17. The lowest BCUT2D eigenvalue weighted by atomic mass is 9.78. The van der Waals surface area contributed by atoms with E-state index in [2.05, 4.69) is 17.0 Å². The number of hydrogen-bond acceptors (Lipinski definition) is 2. The van der Waals surface area contributed by atoms with Crippen LogP contribution in [-0.2, 0) is 11.2 Å². The average Bonchev–Trinajstić information content (AvgIpc) is 2.84. The van der Waals surface area contributed by atoms with Gasteiger partial charge in [-0.2, -0.15) is 0 Å². The van der Waals surface area contributed by atoms with Gasteiger partial charge >= 0.3 is 5.97 Å². The summed E-state index contributed by atoms with van der Waals surface area (Å²) in [6.07, 6.45) is 6.42. The van der Waals surface area contributed by atoms with E-state index in [4.69, 9.17) is 5.11 Å². The highest BCUT2D eigenvalue weighted by Crippen LogP contribution is 2.46. The average molecular weight is 259 g/mol. The van der Waals surface area contributed by atoms with Crippen LogP contribution in [0.5, 0.6) is 0 Å². The molecular formula is C16H21NO2. The summed E-state index contributed by atoms with van der Waals surface area (Å²) >= 11 is 0. The van der Waals surface area contributed by atoms with Crippen molar-refractivity contribution in [3.8, 4) is 0 Å². The molecule has 3 heteroatoms. The van der Waals surface area contributed by atoms with Crippen LogP contribution < -0.4 is 4.90 Å². The van der Waals surface area contributed by atoms with Gasteiger partial charge in [0.1, 0.15) is 0 Å². The first-order valence-electron chi connectivity index (χ1n) is 7.23. The molecule has 1 aliphatic carbocycles. The van der Waals surface area contributed by atoms with Gasteiger partial charge in [-0.15, -0.1) is 0 Å². The number of benzene rings is 1. The molecule has 0 aromatic heterocycles. The first kappa shape index (κ1) is 12.5. The number of carboxylic acids is 1. The second-order valence-electron chi connectivity index (χ2n) is 6.13. The minimum absolute atomic E-state index is 0.216. The van der Waals surface area contributed by atoms with Crippen molar-refractivity contribution in [2.24, 2.45) is 5.41 Å². The zero-order chi connectivity index (χ0) is 13.3. The Morgan fingerprint density at radius 1 is 1.26 bits per heavy atom. The predicted octanol–water partition coefficient (Wildman–Crippen LogP) is 3.08. The van der Waals surface area contributed by atoms with E-state index in [0.717, 1.165) is 5.56 Å². The molecule has 2 fully saturated rings. The van der Waals surface area contributed by atoms with Crippen LogP contribution in [-0.4, -0.2) is 24.2 Å². The summed E-state index contributed by atoms with van der Waals surface area (Å²) in [5.41, 5.74) is 3.00. The number of aliphatic carboxylic acids is 1. The Bertz CT molecular complexity index is 469. The van der Waals surface area contributed by atoms with Crippen molar-refractivity contribution in [2.45, 2.75) is 38.5 Å². The molecule has 1 aliphatic heterocycles. The van der Waals surface area contributed by atoms with E-state index in [1.54, 1.807) is 0 Å². The van der Waals surface area contributed by atoms with E-state index < -0.39 is 5.97 Å². The maximum Gasteiger partial charge on any atom is 0.303 e. The highest BCUT2D eigenvalue weighted by molar-refractivity contribution is 5.67. The molecule has 19 heavy (non-hydrogen) atoms. The Hall–Kier alpha value is -1.51. The van der Waals surface area contributed by atoms with Crippen molar-refractivity contribution in [3.05, 3.63) is 29.8 Å². The van der Waals surface area contributed by atoms with Gasteiger partial charge in [-0.05, 0) is 37.0 Å². The Morgan fingerprint density at radius 3 is 2.68 bits per heavy atom. The molecule has 1 saturated heterocycles. The molecule has 1 aromatic rings. The first-order valence-corrected chi connectivity index (χ1v) is 7.23. The van der Waals surface area contributed by atoms with E-state index in [-0.39, 0.29) is 6.42 Å². The minimum atomic E-state index is -0.723. The number of hydrogen-bond donors (Lipinski definition) is 1. The second kappa shape index (κ2) is 4.87. The smallest absolute Gasteiger partial charge is 0.303 e. The molecule has 0 atom stereocenters. The lowest BCUT2D eigenvalue weighted by Gasteiger charge is -2.50. The van der Waals surface area contributed by atoms with Gasteiger partial charge in [0.15, 0.2) is 0 Å². The van der Waals surface area contributed by atoms with Gasteiger partial charge in [-0.3, -0.25) is 4.79 Å². The van der Waals surface area contributed by atoms with Crippen LogP contribution in [0.4, 0.5) is 5.69 Å². The van der Waals surface area contributed by atoms with Crippen molar-refractivity contribution in [3.63, 3.8) is 0 Å². The SMILES string of the molecule is O=C(O)CCc1cccc(N2CC3(CCCC3)C2)c1. The standard InChI is InChI=1S/C16H21NO2/c18-15(19)7-6-13-4-3-5-14(10-13)17-11-16(12-17)8-1-2-9-16/h3-5,10H,1-2,6-9,11-12H2,(H,18,19). The van der Waals surface area contributed by atoms with E-state index in [1.807, 2.05) is 12.1 Å². The fourth-order valence-electron chi connectivity index (χ4n) is 3.55. The summed E-state index contributed by atoms with van der Waals surface area (Å²) in [7, 11) is 0. The Morgan fingerprint density at radius 2 is 2.00 bits per heavy atom. The molecule has 1 heterocycles. The van der Waals surface area contributed by atoms with E-state index >= 15 is 0 Å². The van der Waals surface area contributed by atoms with Crippen molar-refractivity contribution in [2.75, 3.05) is 18.0 Å². The Labute approximate surface area is 114 Å². The molecule has 0 amide bonds. The lowest BCUT2D eigenvalue weighted by molar-refractivity contribution is -0.136. The predicted molar refractivity (Wildman–Crippen MR) is 75.5 cm³/mol. The number of rotatable bonds is 4. The quantitative estimate of drug-likeness (QED) is 0.903. The van der Waals surface area contributed by atoms with Crippen molar-refractivity contribution < 1.29 is 9.90 Å². The van der Waals surface area contributed by atoms with E-state index in [1.165, 1.54) is 44.5 Å². The molecule has 1 saturated carbocycles. The van der Waals surface area contributed by atoms with Crippen LogP contribution in [0.15, 0.2) is 24.3 Å². The van der Waals surface area contributed by atoms with Crippen LogP contribution in [0, 0.1) is 5.41 Å². The van der Waals surface area contributed by atoms with Gasteiger partial charge in [-0.1, -0.05) is 25.0 Å². The van der Waals surface area contributed by atoms with E-state index in [0.29, 0.717) is 11.8 Å². The largest absolute Gasteiger partial charge is 0.481 e. The Balaban J connectivity index is 1.62. The molecule has 1 N–H and O–H groups in total. The monoisotopic (exact) mass is 259 g/mol. The molecule has 3 rings (SSSR count). The fraction of sp³-hybridized carbons (Fsp3) is 0.562. The highest BCUT2D eigenvalue weighted by Gasteiger charge is 2.44. The fourth-order valence-corrected chi connectivity index (χ4v) is 3.55. The van der Waals surface area contributed by atoms with Gasteiger partial charge in [0.2, 0.25) is 0 Å². The maximum absolute atomic E-state index is 10.6. The van der Waals surface area contributed by atoms with Gasteiger partial charge in [0, 0.05) is 30.6 Å². The molecule has 1 aromatic carbocycles. The molecular weight excluding hydrogens is 238 g/mol. The van der Waals surface area contributed by atoms with Gasteiger partial charge in [0.05, 0.1) is 0 Å². The molecule has 102 valence electrons. The molecule has 1 spiro atoms. The molecule has 0 radical (unpaired) electrons. The topological polar surface area (TPSA) is 40.5 Å². The second-order valence-corrected chi connectivity index (χ2v) is 6.13. The molecule has 0 unspecified atom stereocenters. The van der Waals surface area contributed by atoms with Crippen LogP contribution in [0.2, 0.25) is 0 Å². The van der Waals surface area contributed by atoms with Crippen LogP contribution in [0.1, 0.15) is 37.7 Å². The van der Waals surface area contributed by atoms with Crippen molar-refractivity contribution in [1.29, 1.82) is 0 Å². The van der Waals surface area contributed by atoms with Gasteiger partial charge in [0.25, 0.3) is 0 Å². The van der Waals surface area contributed by atoms with Crippen LogP contribution >= 0.6 is 0 Å².